The highest BCUT2D eigenvalue weighted by molar-refractivity contribution is 7.99. The summed E-state index contributed by atoms with van der Waals surface area (Å²) in [5.74, 6) is 0.927. The molecule has 0 aliphatic heterocycles. The Morgan fingerprint density at radius 2 is 2.00 bits per heavy atom. The lowest BCUT2D eigenvalue weighted by molar-refractivity contribution is -0.137. The molecular weight excluding hydrogens is 236 g/mol. The molecule has 0 atom stereocenters. The van der Waals surface area contributed by atoms with E-state index in [1.165, 1.54) is 11.1 Å². The lowest BCUT2D eigenvalue weighted by Gasteiger charge is -2.11. The number of methoxy groups -OCH3 is 1. The molecule has 0 aliphatic rings. The summed E-state index contributed by atoms with van der Waals surface area (Å²) in [6.07, 6.45) is 0.899. The van der Waals surface area contributed by atoms with Crippen LogP contribution in [0.25, 0.3) is 0 Å². The van der Waals surface area contributed by atoms with E-state index in [9.17, 15) is 4.79 Å². The number of ether oxygens (including phenoxy) is 1. The first-order chi connectivity index (χ1) is 8.04. The van der Waals surface area contributed by atoms with Crippen LogP contribution in [0.5, 0.6) is 5.75 Å². The molecule has 0 fully saturated rings. The summed E-state index contributed by atoms with van der Waals surface area (Å²) in [4.78, 5) is 11.5. The third-order valence-electron chi connectivity index (χ3n) is 2.57. The maximum absolute atomic E-state index is 10.4. The van der Waals surface area contributed by atoms with E-state index in [2.05, 4.69) is 19.9 Å². The average Bonchev–Trinajstić information content (AvgIpc) is 2.28. The van der Waals surface area contributed by atoms with E-state index in [1.807, 2.05) is 6.07 Å². The van der Waals surface area contributed by atoms with Gasteiger partial charge in [0.15, 0.2) is 0 Å². The molecule has 0 radical (unpaired) electrons. The highest BCUT2D eigenvalue weighted by atomic mass is 32.2. The Hall–Kier alpha value is -1.16. The molecule has 4 heteroatoms. The van der Waals surface area contributed by atoms with Gasteiger partial charge in [-0.1, -0.05) is 0 Å². The number of carboxylic acids is 1. The zero-order chi connectivity index (χ0) is 12.8. The number of benzene rings is 1. The molecule has 1 rings (SSSR count). The molecular formula is C13H18O3S. The average molecular weight is 254 g/mol. The van der Waals surface area contributed by atoms with Crippen LogP contribution in [0.4, 0.5) is 0 Å². The molecule has 1 aromatic rings. The maximum Gasteiger partial charge on any atom is 0.303 e. The molecule has 0 unspecified atom stereocenters. The summed E-state index contributed by atoms with van der Waals surface area (Å²) in [5, 5.41) is 8.56. The molecule has 1 aromatic carbocycles. The zero-order valence-electron chi connectivity index (χ0n) is 10.4. The number of hydrogen-bond donors (Lipinski definition) is 1. The van der Waals surface area contributed by atoms with Gasteiger partial charge in [0.25, 0.3) is 0 Å². The molecule has 0 saturated heterocycles. The first-order valence-electron chi connectivity index (χ1n) is 5.54. The number of carboxylic acid groups (broad SMARTS) is 1. The van der Waals surface area contributed by atoms with Crippen molar-refractivity contribution in [1.29, 1.82) is 0 Å². The molecule has 0 bridgehead atoms. The van der Waals surface area contributed by atoms with E-state index in [1.54, 1.807) is 18.9 Å². The van der Waals surface area contributed by atoms with Gasteiger partial charge in [-0.3, -0.25) is 4.79 Å². The van der Waals surface area contributed by atoms with E-state index < -0.39 is 5.97 Å². The summed E-state index contributed by atoms with van der Waals surface area (Å²) in [5.41, 5.74) is 2.43. The Labute approximate surface area is 106 Å². The minimum absolute atomic E-state index is 0.222. The Bertz CT molecular complexity index is 402. The fourth-order valence-electron chi connectivity index (χ4n) is 1.44. The molecule has 0 aromatic heterocycles. The van der Waals surface area contributed by atoms with Gasteiger partial charge in [0.1, 0.15) is 5.75 Å². The number of hydrogen-bond acceptors (Lipinski definition) is 3. The molecule has 94 valence electrons. The van der Waals surface area contributed by atoms with Crippen LogP contribution in [0.1, 0.15) is 24.0 Å². The van der Waals surface area contributed by atoms with Crippen LogP contribution in [0.15, 0.2) is 17.0 Å². The molecule has 0 saturated carbocycles. The molecule has 17 heavy (non-hydrogen) atoms. The van der Waals surface area contributed by atoms with E-state index >= 15 is 0 Å². The van der Waals surface area contributed by atoms with E-state index in [4.69, 9.17) is 9.84 Å². The highest BCUT2D eigenvalue weighted by Gasteiger charge is 2.06. The first kappa shape index (κ1) is 13.9. The summed E-state index contributed by atoms with van der Waals surface area (Å²) >= 11 is 1.65. The second kappa shape index (κ2) is 6.55. The van der Waals surface area contributed by atoms with Crippen LogP contribution in [-0.2, 0) is 4.79 Å². The van der Waals surface area contributed by atoms with Crippen molar-refractivity contribution < 1.29 is 14.6 Å². The summed E-state index contributed by atoms with van der Waals surface area (Å²) in [6.45, 7) is 4.12. The lowest BCUT2D eigenvalue weighted by Crippen LogP contribution is -1.95. The summed E-state index contributed by atoms with van der Waals surface area (Å²) < 4.78 is 5.32. The topological polar surface area (TPSA) is 46.5 Å². The molecule has 0 heterocycles. The van der Waals surface area contributed by atoms with Crippen molar-refractivity contribution >= 4 is 17.7 Å². The van der Waals surface area contributed by atoms with Crippen molar-refractivity contribution in [3.05, 3.63) is 23.3 Å². The lowest BCUT2D eigenvalue weighted by atomic mass is 10.1. The number of rotatable bonds is 6. The third kappa shape index (κ3) is 4.30. The van der Waals surface area contributed by atoms with Crippen molar-refractivity contribution in [2.75, 3.05) is 12.9 Å². The Balaban J connectivity index is 2.63. The largest absolute Gasteiger partial charge is 0.496 e. The van der Waals surface area contributed by atoms with Gasteiger partial charge in [0, 0.05) is 11.3 Å². The van der Waals surface area contributed by atoms with Crippen molar-refractivity contribution in [3.63, 3.8) is 0 Å². The number of aryl methyl sites for hydroxylation is 2. The van der Waals surface area contributed by atoms with Crippen molar-refractivity contribution in [2.45, 2.75) is 31.6 Å². The van der Waals surface area contributed by atoms with Gasteiger partial charge in [-0.05, 0) is 49.3 Å². The van der Waals surface area contributed by atoms with Crippen LogP contribution in [0.3, 0.4) is 0 Å². The van der Waals surface area contributed by atoms with E-state index in [0.717, 1.165) is 16.4 Å². The van der Waals surface area contributed by atoms with Crippen LogP contribution < -0.4 is 4.74 Å². The van der Waals surface area contributed by atoms with Crippen molar-refractivity contribution in [3.8, 4) is 5.75 Å². The fraction of sp³-hybridized carbons (Fsp3) is 0.462. The quantitative estimate of drug-likeness (QED) is 0.625. The van der Waals surface area contributed by atoms with Crippen LogP contribution >= 0.6 is 11.8 Å². The highest BCUT2D eigenvalue weighted by Crippen LogP contribution is 2.32. The van der Waals surface area contributed by atoms with Crippen LogP contribution in [-0.4, -0.2) is 23.9 Å². The van der Waals surface area contributed by atoms with Gasteiger partial charge in [0.2, 0.25) is 0 Å². The summed E-state index contributed by atoms with van der Waals surface area (Å²) in [7, 11) is 1.66. The monoisotopic (exact) mass is 254 g/mol. The Morgan fingerprint density at radius 3 is 2.59 bits per heavy atom. The van der Waals surface area contributed by atoms with Crippen molar-refractivity contribution in [2.24, 2.45) is 0 Å². The minimum atomic E-state index is -0.738. The van der Waals surface area contributed by atoms with Gasteiger partial charge in [-0.25, -0.2) is 0 Å². The van der Waals surface area contributed by atoms with Gasteiger partial charge in [-0.15, -0.1) is 11.8 Å². The smallest absolute Gasteiger partial charge is 0.303 e. The van der Waals surface area contributed by atoms with Crippen LogP contribution in [0, 0.1) is 13.8 Å². The SMILES string of the molecule is COc1cc(C)c(C)cc1SCCCC(=O)O. The number of carbonyl (C=O) groups is 1. The summed E-state index contributed by atoms with van der Waals surface area (Å²) in [6, 6.07) is 4.12. The van der Waals surface area contributed by atoms with Crippen molar-refractivity contribution in [1.82, 2.24) is 0 Å². The predicted octanol–water partition coefficient (Wildman–Crippen LogP) is 3.27. The minimum Gasteiger partial charge on any atom is -0.496 e. The van der Waals surface area contributed by atoms with Crippen LogP contribution in [0.2, 0.25) is 0 Å². The second-order valence-corrected chi connectivity index (χ2v) is 5.07. The molecule has 0 spiro atoms. The zero-order valence-corrected chi connectivity index (χ0v) is 11.3. The van der Waals surface area contributed by atoms with Gasteiger partial charge in [0.05, 0.1) is 7.11 Å². The fourth-order valence-corrected chi connectivity index (χ4v) is 2.49. The van der Waals surface area contributed by atoms with Gasteiger partial charge < -0.3 is 9.84 Å². The molecule has 0 amide bonds. The predicted molar refractivity (Wildman–Crippen MR) is 70.1 cm³/mol. The normalized spacial score (nSPS) is 10.3. The first-order valence-corrected chi connectivity index (χ1v) is 6.53. The van der Waals surface area contributed by atoms with E-state index in [-0.39, 0.29) is 6.42 Å². The van der Waals surface area contributed by atoms with Gasteiger partial charge in [-0.2, -0.15) is 0 Å². The third-order valence-corrected chi connectivity index (χ3v) is 3.70. The standard InChI is InChI=1S/C13H18O3S/c1-9-7-11(16-3)12(8-10(9)2)17-6-4-5-13(14)15/h7-8H,4-6H2,1-3H3,(H,14,15). The molecule has 3 nitrogen and oxygen atoms in total. The molecule has 1 N–H and O–H groups in total. The molecule has 0 aliphatic carbocycles. The number of thioether (sulfide) groups is 1. The van der Waals surface area contributed by atoms with Gasteiger partial charge >= 0.3 is 5.97 Å². The number of aliphatic carboxylic acids is 1. The maximum atomic E-state index is 10.4. The second-order valence-electron chi connectivity index (χ2n) is 3.93. The van der Waals surface area contributed by atoms with E-state index in [0.29, 0.717) is 6.42 Å². The Kier molecular flexibility index (Phi) is 5.35. The Morgan fingerprint density at radius 1 is 1.35 bits per heavy atom.